The van der Waals surface area contributed by atoms with Gasteiger partial charge in [-0.25, -0.2) is 9.99 Å². The van der Waals surface area contributed by atoms with E-state index >= 15 is 0 Å². The zero-order chi connectivity index (χ0) is 14.8. The Labute approximate surface area is 132 Å². The average Bonchev–Trinajstić information content (AvgIpc) is 3.10. The molecule has 7 heteroatoms. The molecule has 0 spiro atoms. The van der Waals surface area contributed by atoms with E-state index in [2.05, 4.69) is 22.8 Å². The van der Waals surface area contributed by atoms with E-state index in [1.54, 1.807) is 11.3 Å². The van der Waals surface area contributed by atoms with Crippen molar-refractivity contribution in [2.45, 2.75) is 6.92 Å². The predicted octanol–water partition coefficient (Wildman–Crippen LogP) is 0.655. The molecule has 5 nitrogen and oxygen atoms in total. The number of thiazole rings is 1. The SMILES string of the molecule is Cc1nc(-c2ccsc2)sc1C(=O)NN1CC[NH+](C)CC1. The third-order valence-electron chi connectivity index (χ3n) is 3.65. The number of nitrogens with zero attached hydrogens (tertiary/aromatic N) is 2. The van der Waals surface area contributed by atoms with Crippen LogP contribution in [0.1, 0.15) is 15.4 Å². The van der Waals surface area contributed by atoms with Gasteiger partial charge in [-0.15, -0.1) is 11.3 Å². The van der Waals surface area contributed by atoms with Crippen LogP contribution in [-0.2, 0) is 0 Å². The number of carbonyl (C=O) groups excluding carboxylic acids is 1. The molecule has 0 aliphatic carbocycles. The molecule has 1 aliphatic heterocycles. The summed E-state index contributed by atoms with van der Waals surface area (Å²) in [6.07, 6.45) is 0. The van der Waals surface area contributed by atoms with E-state index < -0.39 is 0 Å². The van der Waals surface area contributed by atoms with Gasteiger partial charge in [0, 0.05) is 10.9 Å². The molecule has 21 heavy (non-hydrogen) atoms. The second kappa shape index (κ2) is 6.23. The number of amides is 1. The molecule has 2 N–H and O–H groups in total. The smallest absolute Gasteiger partial charge is 0.277 e. The molecule has 3 heterocycles. The Balaban J connectivity index is 1.70. The fourth-order valence-electron chi connectivity index (χ4n) is 2.31. The summed E-state index contributed by atoms with van der Waals surface area (Å²) in [6.45, 7) is 5.80. The van der Waals surface area contributed by atoms with Gasteiger partial charge in [-0.2, -0.15) is 11.3 Å². The summed E-state index contributed by atoms with van der Waals surface area (Å²) in [7, 11) is 2.18. The maximum atomic E-state index is 12.4. The summed E-state index contributed by atoms with van der Waals surface area (Å²) in [5.74, 6) is -0.0361. The maximum absolute atomic E-state index is 12.4. The molecule has 0 unspecified atom stereocenters. The Morgan fingerprint density at radius 2 is 2.19 bits per heavy atom. The fraction of sp³-hybridized carbons (Fsp3) is 0.429. The number of carbonyl (C=O) groups is 1. The number of likely N-dealkylation sites (N-methyl/N-ethyl adjacent to an activating group) is 1. The van der Waals surface area contributed by atoms with Crippen molar-refractivity contribution in [3.8, 4) is 10.6 Å². The fourth-order valence-corrected chi connectivity index (χ4v) is 3.98. The van der Waals surface area contributed by atoms with E-state index in [0.717, 1.165) is 42.4 Å². The van der Waals surface area contributed by atoms with Crippen LogP contribution in [0.25, 0.3) is 10.6 Å². The summed E-state index contributed by atoms with van der Waals surface area (Å²) in [6, 6.07) is 2.04. The minimum Gasteiger partial charge on any atom is -0.335 e. The summed E-state index contributed by atoms with van der Waals surface area (Å²) in [5.41, 5.74) is 4.91. The van der Waals surface area contributed by atoms with Crippen LogP contribution in [0.2, 0.25) is 0 Å². The minimum absolute atomic E-state index is 0.0361. The Morgan fingerprint density at radius 3 is 2.86 bits per heavy atom. The van der Waals surface area contributed by atoms with Gasteiger partial charge in [0.2, 0.25) is 0 Å². The van der Waals surface area contributed by atoms with Gasteiger partial charge in [0.25, 0.3) is 5.91 Å². The van der Waals surface area contributed by atoms with Crippen LogP contribution in [0, 0.1) is 6.92 Å². The highest BCUT2D eigenvalue weighted by atomic mass is 32.1. The molecule has 1 saturated heterocycles. The molecular formula is C14H19N4OS2+. The van der Waals surface area contributed by atoms with Crippen molar-refractivity contribution in [1.29, 1.82) is 0 Å². The van der Waals surface area contributed by atoms with Crippen molar-refractivity contribution < 1.29 is 9.69 Å². The number of aryl methyl sites for hydroxylation is 1. The molecule has 1 aliphatic rings. The van der Waals surface area contributed by atoms with Gasteiger partial charge in [-0.3, -0.25) is 10.2 Å². The molecule has 2 aromatic heterocycles. The van der Waals surface area contributed by atoms with Gasteiger partial charge in [-0.1, -0.05) is 0 Å². The standard InChI is InChI=1S/C14H18N4OS2/c1-10-12(21-14(15-10)11-3-8-20-9-11)13(19)16-18-6-4-17(2)5-7-18/h3,8-9H,4-7H2,1-2H3,(H,16,19)/p+1. The van der Waals surface area contributed by atoms with Crippen molar-refractivity contribution in [3.05, 3.63) is 27.4 Å². The number of hydrazine groups is 1. The van der Waals surface area contributed by atoms with Crippen molar-refractivity contribution in [2.24, 2.45) is 0 Å². The summed E-state index contributed by atoms with van der Waals surface area (Å²) in [4.78, 5) is 19.2. The number of thiophene rings is 1. The first kappa shape index (κ1) is 14.6. The highest BCUT2D eigenvalue weighted by molar-refractivity contribution is 7.17. The van der Waals surface area contributed by atoms with Crippen LogP contribution >= 0.6 is 22.7 Å². The summed E-state index contributed by atoms with van der Waals surface area (Å²) in [5, 5.41) is 7.02. The van der Waals surface area contributed by atoms with E-state index in [1.807, 2.05) is 23.4 Å². The van der Waals surface area contributed by atoms with Crippen molar-refractivity contribution in [2.75, 3.05) is 33.2 Å². The first-order chi connectivity index (χ1) is 10.1. The van der Waals surface area contributed by atoms with E-state index in [4.69, 9.17) is 0 Å². The lowest BCUT2D eigenvalue weighted by atomic mass is 10.3. The zero-order valence-corrected chi connectivity index (χ0v) is 13.8. The number of quaternary nitrogens is 1. The first-order valence-electron chi connectivity index (χ1n) is 7.00. The van der Waals surface area contributed by atoms with Crippen LogP contribution in [0.4, 0.5) is 0 Å². The van der Waals surface area contributed by atoms with Gasteiger partial charge in [-0.05, 0) is 18.4 Å². The summed E-state index contributed by atoms with van der Waals surface area (Å²) < 4.78 is 0. The first-order valence-corrected chi connectivity index (χ1v) is 8.76. The highest BCUT2D eigenvalue weighted by Crippen LogP contribution is 2.29. The van der Waals surface area contributed by atoms with Crippen LogP contribution in [0.3, 0.4) is 0 Å². The monoisotopic (exact) mass is 323 g/mol. The number of piperazine rings is 1. The average molecular weight is 323 g/mol. The third-order valence-corrected chi connectivity index (χ3v) is 5.54. The number of rotatable bonds is 3. The third kappa shape index (κ3) is 3.32. The Morgan fingerprint density at radius 1 is 1.43 bits per heavy atom. The van der Waals surface area contributed by atoms with E-state index in [0.29, 0.717) is 4.88 Å². The number of aromatic nitrogens is 1. The van der Waals surface area contributed by atoms with Crippen LogP contribution in [0.5, 0.6) is 0 Å². The van der Waals surface area contributed by atoms with E-state index in [9.17, 15) is 4.79 Å². The zero-order valence-electron chi connectivity index (χ0n) is 12.2. The molecular weight excluding hydrogens is 304 g/mol. The Bertz CT molecular complexity index is 615. The number of nitrogens with one attached hydrogen (secondary N) is 2. The van der Waals surface area contributed by atoms with Gasteiger partial charge >= 0.3 is 0 Å². The van der Waals surface area contributed by atoms with Gasteiger partial charge in [0.15, 0.2) is 0 Å². The van der Waals surface area contributed by atoms with Crippen molar-refractivity contribution >= 4 is 28.6 Å². The molecule has 0 radical (unpaired) electrons. The van der Waals surface area contributed by atoms with Crippen molar-refractivity contribution in [1.82, 2.24) is 15.4 Å². The molecule has 2 aromatic rings. The second-order valence-corrected chi connectivity index (χ2v) is 7.11. The molecule has 0 bridgehead atoms. The van der Waals surface area contributed by atoms with Crippen molar-refractivity contribution in [3.63, 3.8) is 0 Å². The van der Waals surface area contributed by atoms with Crippen LogP contribution in [-0.4, -0.2) is 49.1 Å². The van der Waals surface area contributed by atoms with Gasteiger partial charge in [0.1, 0.15) is 9.88 Å². The largest absolute Gasteiger partial charge is 0.335 e. The molecule has 1 fully saturated rings. The topological polar surface area (TPSA) is 49.7 Å². The lowest BCUT2D eigenvalue weighted by Gasteiger charge is -2.29. The molecule has 3 rings (SSSR count). The van der Waals surface area contributed by atoms with Crippen LogP contribution < -0.4 is 10.3 Å². The normalized spacial score (nSPS) is 17.0. The summed E-state index contributed by atoms with van der Waals surface area (Å²) >= 11 is 3.11. The molecule has 0 saturated carbocycles. The van der Waals surface area contributed by atoms with Gasteiger partial charge < -0.3 is 4.90 Å². The van der Waals surface area contributed by atoms with Gasteiger partial charge in [0.05, 0.1) is 38.9 Å². The number of hydrogen-bond acceptors (Lipinski definition) is 5. The molecule has 0 aromatic carbocycles. The quantitative estimate of drug-likeness (QED) is 0.872. The Hall–Kier alpha value is -1.28. The van der Waals surface area contributed by atoms with E-state index in [-0.39, 0.29) is 5.91 Å². The molecule has 1 amide bonds. The molecule has 0 atom stereocenters. The van der Waals surface area contributed by atoms with Crippen LogP contribution in [0.15, 0.2) is 16.8 Å². The molecule has 112 valence electrons. The lowest BCUT2D eigenvalue weighted by molar-refractivity contribution is -0.884. The predicted molar refractivity (Wildman–Crippen MR) is 85.8 cm³/mol. The minimum atomic E-state index is -0.0361. The maximum Gasteiger partial charge on any atom is 0.277 e. The highest BCUT2D eigenvalue weighted by Gasteiger charge is 2.22. The lowest BCUT2D eigenvalue weighted by Crippen LogP contribution is -3.12. The second-order valence-electron chi connectivity index (χ2n) is 5.33. The number of hydrogen-bond donors (Lipinski definition) is 2. The Kier molecular flexibility index (Phi) is 4.34. The van der Waals surface area contributed by atoms with E-state index in [1.165, 1.54) is 16.2 Å².